The number of thioether (sulfide) groups is 1. The maximum absolute atomic E-state index is 12.3. The third-order valence-electron chi connectivity index (χ3n) is 4.45. The van der Waals surface area contributed by atoms with Crippen LogP contribution in [0.15, 0.2) is 51.4 Å². The van der Waals surface area contributed by atoms with E-state index in [2.05, 4.69) is 32.7 Å². The lowest BCUT2D eigenvalue weighted by Crippen LogP contribution is -2.43. The number of nitrogens with zero attached hydrogens (tertiary/aromatic N) is 2. The van der Waals surface area contributed by atoms with E-state index in [1.807, 2.05) is 24.3 Å². The maximum atomic E-state index is 12.3. The summed E-state index contributed by atoms with van der Waals surface area (Å²) in [6.07, 6.45) is 0. The van der Waals surface area contributed by atoms with Gasteiger partial charge in [0.15, 0.2) is 5.58 Å². The van der Waals surface area contributed by atoms with Gasteiger partial charge in [0.25, 0.3) is 5.22 Å². The second kappa shape index (κ2) is 8.88. The van der Waals surface area contributed by atoms with Crippen molar-refractivity contribution in [2.75, 3.05) is 38.6 Å². The lowest BCUT2D eigenvalue weighted by molar-refractivity contribution is -0.118. The van der Waals surface area contributed by atoms with Gasteiger partial charge in [0, 0.05) is 24.5 Å². The predicted octanol–water partition coefficient (Wildman–Crippen LogP) is 3.17. The molecule has 1 aliphatic rings. The fraction of sp³-hybridized carbons (Fsp3) is 0.368. The number of amides is 1. The second-order valence-corrected chi connectivity index (χ2v) is 8.13. The van der Waals surface area contributed by atoms with Crippen LogP contribution in [0.3, 0.4) is 0 Å². The molecule has 3 aromatic rings. The lowest BCUT2D eigenvalue weighted by Gasteiger charge is -2.34. The van der Waals surface area contributed by atoms with Crippen LogP contribution in [0.4, 0.5) is 0 Å². The normalized spacial score (nSPS) is 16.4. The van der Waals surface area contributed by atoms with E-state index in [0.717, 1.165) is 37.4 Å². The molecule has 0 radical (unpaired) electrons. The number of ether oxygens (including phenoxy) is 1. The number of carbonyl (C=O) groups is 1. The Labute approximate surface area is 165 Å². The molecule has 1 N–H and O–H groups in total. The Kier molecular flexibility index (Phi) is 6.08. The summed E-state index contributed by atoms with van der Waals surface area (Å²) in [5, 5.41) is 5.67. The highest BCUT2D eigenvalue weighted by atomic mass is 32.2. The molecule has 1 fully saturated rings. The summed E-state index contributed by atoms with van der Waals surface area (Å²) in [6, 6.07) is 12.0. The average Bonchev–Trinajstić information content (AvgIpc) is 3.37. The molecule has 8 heteroatoms. The van der Waals surface area contributed by atoms with Gasteiger partial charge in [-0.15, -0.1) is 11.3 Å². The molecule has 1 aliphatic heterocycles. The molecule has 0 aliphatic carbocycles. The monoisotopic (exact) mass is 403 g/mol. The lowest BCUT2D eigenvalue weighted by atomic mass is 10.2. The minimum Gasteiger partial charge on any atom is -0.431 e. The fourth-order valence-electron chi connectivity index (χ4n) is 3.08. The molecule has 27 heavy (non-hydrogen) atoms. The van der Waals surface area contributed by atoms with Gasteiger partial charge in [-0.05, 0) is 23.6 Å². The van der Waals surface area contributed by atoms with E-state index in [9.17, 15) is 4.79 Å². The van der Waals surface area contributed by atoms with Gasteiger partial charge in [-0.3, -0.25) is 9.69 Å². The number of benzene rings is 1. The number of para-hydroxylation sites is 2. The van der Waals surface area contributed by atoms with Crippen LogP contribution in [-0.4, -0.2) is 54.4 Å². The summed E-state index contributed by atoms with van der Waals surface area (Å²) in [7, 11) is 0. The molecule has 6 nitrogen and oxygen atoms in total. The van der Waals surface area contributed by atoms with E-state index in [-0.39, 0.29) is 17.7 Å². The number of thiophene rings is 1. The number of morpholine rings is 1. The van der Waals surface area contributed by atoms with E-state index in [1.165, 1.54) is 16.6 Å². The van der Waals surface area contributed by atoms with Crippen molar-refractivity contribution in [2.24, 2.45) is 0 Å². The van der Waals surface area contributed by atoms with Gasteiger partial charge in [-0.25, -0.2) is 4.98 Å². The van der Waals surface area contributed by atoms with Crippen molar-refractivity contribution in [3.8, 4) is 0 Å². The van der Waals surface area contributed by atoms with E-state index in [0.29, 0.717) is 11.8 Å². The smallest absolute Gasteiger partial charge is 0.257 e. The standard InChI is InChI=1S/C19H21N3O3S2/c23-18(13-27-19-21-14-4-1-2-5-16(14)25-19)20-12-15(17-6-3-11-26-17)22-7-9-24-10-8-22/h1-6,11,15H,7-10,12-13H2,(H,20,23)/t15-/m1/s1. The molecule has 0 spiro atoms. The number of oxazole rings is 1. The van der Waals surface area contributed by atoms with Gasteiger partial charge in [-0.2, -0.15) is 0 Å². The third kappa shape index (κ3) is 4.70. The van der Waals surface area contributed by atoms with Gasteiger partial charge >= 0.3 is 0 Å². The highest BCUT2D eigenvalue weighted by Gasteiger charge is 2.24. The Bertz CT molecular complexity index is 842. The van der Waals surface area contributed by atoms with Crippen LogP contribution in [0.2, 0.25) is 0 Å². The second-order valence-electron chi connectivity index (χ2n) is 6.22. The average molecular weight is 404 g/mol. The quantitative estimate of drug-likeness (QED) is 0.611. The number of fused-ring (bicyclic) bond motifs is 1. The molecular formula is C19H21N3O3S2. The summed E-state index contributed by atoms with van der Waals surface area (Å²) >= 11 is 3.04. The van der Waals surface area contributed by atoms with Crippen molar-refractivity contribution in [1.82, 2.24) is 15.2 Å². The van der Waals surface area contributed by atoms with Gasteiger partial charge in [0.05, 0.1) is 25.0 Å². The van der Waals surface area contributed by atoms with Crippen LogP contribution in [0, 0.1) is 0 Å². The van der Waals surface area contributed by atoms with Gasteiger partial charge in [-0.1, -0.05) is 30.0 Å². The van der Waals surface area contributed by atoms with Crippen molar-refractivity contribution in [3.05, 3.63) is 46.7 Å². The molecule has 1 saturated heterocycles. The van der Waals surface area contributed by atoms with E-state index in [4.69, 9.17) is 9.15 Å². The summed E-state index contributed by atoms with van der Waals surface area (Å²) in [5.41, 5.74) is 1.55. The highest BCUT2D eigenvalue weighted by Crippen LogP contribution is 2.26. The van der Waals surface area contributed by atoms with Crippen molar-refractivity contribution in [3.63, 3.8) is 0 Å². The van der Waals surface area contributed by atoms with Crippen LogP contribution in [-0.2, 0) is 9.53 Å². The van der Waals surface area contributed by atoms with Crippen LogP contribution >= 0.6 is 23.1 Å². The predicted molar refractivity (Wildman–Crippen MR) is 107 cm³/mol. The Morgan fingerprint density at radius 2 is 2.11 bits per heavy atom. The maximum Gasteiger partial charge on any atom is 0.257 e. The van der Waals surface area contributed by atoms with Gasteiger partial charge < -0.3 is 14.5 Å². The Morgan fingerprint density at radius 3 is 2.89 bits per heavy atom. The zero-order valence-electron chi connectivity index (χ0n) is 14.8. The number of nitrogens with one attached hydrogen (secondary N) is 1. The fourth-order valence-corrected chi connectivity index (χ4v) is 4.61. The summed E-state index contributed by atoms with van der Waals surface area (Å²) in [4.78, 5) is 20.4. The number of carbonyl (C=O) groups excluding carboxylic acids is 1. The van der Waals surface area contributed by atoms with Crippen LogP contribution in [0.25, 0.3) is 11.1 Å². The highest BCUT2D eigenvalue weighted by molar-refractivity contribution is 7.99. The molecule has 0 bridgehead atoms. The molecule has 1 amide bonds. The Morgan fingerprint density at radius 1 is 1.26 bits per heavy atom. The molecule has 2 aromatic heterocycles. The molecule has 0 saturated carbocycles. The molecular weight excluding hydrogens is 382 g/mol. The van der Waals surface area contributed by atoms with Crippen molar-refractivity contribution in [2.45, 2.75) is 11.3 Å². The zero-order valence-corrected chi connectivity index (χ0v) is 16.4. The van der Waals surface area contributed by atoms with Crippen molar-refractivity contribution in [1.29, 1.82) is 0 Å². The van der Waals surface area contributed by atoms with Crippen molar-refractivity contribution >= 4 is 40.1 Å². The molecule has 142 valence electrons. The molecule has 3 heterocycles. The molecule has 1 atom stereocenters. The minimum atomic E-state index is -0.0166. The summed E-state index contributed by atoms with van der Waals surface area (Å²) in [5.74, 6) is 0.268. The Hall–Kier alpha value is -1.87. The first-order valence-electron chi connectivity index (χ1n) is 8.90. The first-order chi connectivity index (χ1) is 13.3. The van der Waals surface area contributed by atoms with Crippen LogP contribution in [0.1, 0.15) is 10.9 Å². The molecule has 4 rings (SSSR count). The number of rotatable bonds is 7. The van der Waals surface area contributed by atoms with E-state index < -0.39 is 0 Å². The number of hydrogen-bond acceptors (Lipinski definition) is 7. The minimum absolute atomic E-state index is 0.0166. The van der Waals surface area contributed by atoms with Crippen LogP contribution < -0.4 is 5.32 Å². The van der Waals surface area contributed by atoms with E-state index in [1.54, 1.807) is 11.3 Å². The number of hydrogen-bond donors (Lipinski definition) is 1. The number of aromatic nitrogens is 1. The first kappa shape index (κ1) is 18.5. The SMILES string of the molecule is O=C(CSc1nc2ccccc2o1)NC[C@H](c1cccs1)N1CCOCC1. The van der Waals surface area contributed by atoms with Crippen LogP contribution in [0.5, 0.6) is 0 Å². The molecule has 1 aromatic carbocycles. The first-order valence-corrected chi connectivity index (χ1v) is 10.8. The van der Waals surface area contributed by atoms with Gasteiger partial charge in [0.1, 0.15) is 5.52 Å². The van der Waals surface area contributed by atoms with E-state index >= 15 is 0 Å². The van der Waals surface area contributed by atoms with Crippen molar-refractivity contribution < 1.29 is 13.9 Å². The summed E-state index contributed by atoms with van der Waals surface area (Å²) in [6.45, 7) is 3.84. The molecule has 0 unspecified atom stereocenters. The Balaban J connectivity index is 1.32. The zero-order chi connectivity index (χ0) is 18.5. The summed E-state index contributed by atoms with van der Waals surface area (Å²) < 4.78 is 11.1. The third-order valence-corrected chi connectivity index (χ3v) is 6.25. The van der Waals surface area contributed by atoms with Gasteiger partial charge in [0.2, 0.25) is 5.91 Å². The largest absolute Gasteiger partial charge is 0.431 e. The topological polar surface area (TPSA) is 67.6 Å².